The quantitative estimate of drug-likeness (QED) is 0.0900. The number of carbonyl (C=O) groups is 4. The Bertz CT molecular complexity index is 1310. The number of halogens is 5. The number of phenolic OH excluding ortho intramolecular Hbond substituents is 1. The van der Waals surface area contributed by atoms with E-state index in [9.17, 15) is 24.3 Å². The number of rotatable bonds is 12. The highest BCUT2D eigenvalue weighted by atomic mass is 35.5. The van der Waals surface area contributed by atoms with Crippen LogP contribution in [0.4, 0.5) is 4.79 Å². The third-order valence-corrected chi connectivity index (χ3v) is 8.31. The Balaban J connectivity index is 2.16. The SMILES string of the molecule is CSCC[C@@H](NC(=O)[C@H](Cc1ccc(O)cc1)NC(=O)OC(C)(C)C)C(=O)NCC(=O)Oc1c(Cl)c(Cl)c(Cl)c(Cl)c1Cl. The van der Waals surface area contributed by atoms with Gasteiger partial charge >= 0.3 is 12.1 Å². The number of esters is 1. The standard InChI is InChI=1S/C27H30Cl5N3O7S/c1-27(2,3)42-26(40)35-16(11-13-5-7-14(36)8-6-13)25(39)34-15(9-10-43-4)24(38)33-12-17(37)41-23-21(31)19(29)18(28)20(30)22(23)32/h5-8,15-16,36H,9-12H2,1-4H3,(H,33,38)(H,34,39)(H,35,40)/t15-,16+/m1/s1. The summed E-state index contributed by atoms with van der Waals surface area (Å²) in [7, 11) is 0. The van der Waals surface area contributed by atoms with Crippen molar-refractivity contribution in [1.82, 2.24) is 16.0 Å². The van der Waals surface area contributed by atoms with E-state index in [0.717, 1.165) is 0 Å². The maximum atomic E-state index is 13.4. The van der Waals surface area contributed by atoms with E-state index in [4.69, 9.17) is 67.5 Å². The summed E-state index contributed by atoms with van der Waals surface area (Å²) in [5.41, 5.74) is -0.197. The van der Waals surface area contributed by atoms with Crippen LogP contribution < -0.4 is 20.7 Å². The number of amides is 3. The smallest absolute Gasteiger partial charge is 0.408 e. The largest absolute Gasteiger partial charge is 0.508 e. The molecule has 0 aliphatic carbocycles. The summed E-state index contributed by atoms with van der Waals surface area (Å²) < 4.78 is 10.5. The normalized spacial score (nSPS) is 12.6. The zero-order valence-electron chi connectivity index (χ0n) is 23.5. The van der Waals surface area contributed by atoms with Crippen LogP contribution in [0.3, 0.4) is 0 Å². The number of hydrogen-bond donors (Lipinski definition) is 4. The van der Waals surface area contributed by atoms with Gasteiger partial charge in [0, 0.05) is 6.42 Å². The van der Waals surface area contributed by atoms with Crippen LogP contribution in [-0.4, -0.2) is 65.2 Å². The first kappa shape index (κ1) is 36.9. The molecule has 0 spiro atoms. The summed E-state index contributed by atoms with van der Waals surface area (Å²) in [6.45, 7) is 4.40. The lowest BCUT2D eigenvalue weighted by atomic mass is 10.0. The monoisotopic (exact) mass is 715 g/mol. The number of hydrogen-bond acceptors (Lipinski definition) is 8. The lowest BCUT2D eigenvalue weighted by Crippen LogP contribution is -2.55. The lowest BCUT2D eigenvalue weighted by Gasteiger charge is -2.25. The van der Waals surface area contributed by atoms with Gasteiger partial charge in [0.25, 0.3) is 0 Å². The van der Waals surface area contributed by atoms with Gasteiger partial charge in [0.05, 0.1) is 15.1 Å². The average molecular weight is 718 g/mol. The molecule has 0 fully saturated rings. The minimum Gasteiger partial charge on any atom is -0.508 e. The van der Waals surface area contributed by atoms with Crippen molar-refractivity contribution in [3.05, 3.63) is 54.9 Å². The van der Waals surface area contributed by atoms with E-state index in [1.54, 1.807) is 32.9 Å². The second-order valence-electron chi connectivity index (χ2n) is 10.0. The topological polar surface area (TPSA) is 143 Å². The van der Waals surface area contributed by atoms with Crippen LogP contribution in [0.1, 0.15) is 32.8 Å². The molecule has 2 atom stereocenters. The van der Waals surface area contributed by atoms with Crippen molar-refractivity contribution in [3.8, 4) is 11.5 Å². The Morgan fingerprint density at radius 2 is 1.42 bits per heavy atom. The second kappa shape index (κ2) is 16.7. The van der Waals surface area contributed by atoms with Crippen molar-refractivity contribution in [2.45, 2.75) is 51.3 Å². The van der Waals surface area contributed by atoms with Crippen LogP contribution in [0.5, 0.6) is 11.5 Å². The highest BCUT2D eigenvalue weighted by molar-refractivity contribution is 7.98. The fourth-order valence-electron chi connectivity index (χ4n) is 3.41. The van der Waals surface area contributed by atoms with Gasteiger partial charge in [-0.1, -0.05) is 70.1 Å². The van der Waals surface area contributed by atoms with E-state index >= 15 is 0 Å². The summed E-state index contributed by atoms with van der Waals surface area (Å²) in [5, 5.41) is 16.2. The summed E-state index contributed by atoms with van der Waals surface area (Å²) >= 11 is 31.6. The maximum Gasteiger partial charge on any atom is 0.408 e. The molecule has 2 aromatic carbocycles. The van der Waals surface area contributed by atoms with E-state index in [2.05, 4.69) is 16.0 Å². The molecule has 0 radical (unpaired) electrons. The van der Waals surface area contributed by atoms with Gasteiger partial charge < -0.3 is 30.5 Å². The van der Waals surface area contributed by atoms with Gasteiger partial charge in [-0.25, -0.2) is 9.59 Å². The summed E-state index contributed by atoms with van der Waals surface area (Å²) in [6.07, 6.45) is 1.22. The van der Waals surface area contributed by atoms with Crippen LogP contribution in [-0.2, 0) is 25.5 Å². The van der Waals surface area contributed by atoms with Crippen molar-refractivity contribution in [1.29, 1.82) is 0 Å². The van der Waals surface area contributed by atoms with Gasteiger partial charge in [-0.05, 0) is 56.9 Å². The molecule has 43 heavy (non-hydrogen) atoms. The van der Waals surface area contributed by atoms with E-state index in [0.29, 0.717) is 11.3 Å². The van der Waals surface area contributed by atoms with Crippen molar-refractivity contribution >= 4 is 93.6 Å². The van der Waals surface area contributed by atoms with E-state index in [1.807, 2.05) is 6.26 Å². The van der Waals surface area contributed by atoms with Gasteiger partial charge in [0.15, 0.2) is 5.75 Å². The molecule has 0 aromatic heterocycles. The second-order valence-corrected chi connectivity index (χ2v) is 12.9. The molecule has 10 nitrogen and oxygen atoms in total. The first-order valence-corrected chi connectivity index (χ1v) is 15.9. The molecular weight excluding hydrogens is 688 g/mol. The van der Waals surface area contributed by atoms with Crippen molar-refractivity contribution < 1.29 is 33.8 Å². The Hall–Kier alpha value is -2.28. The number of nitrogens with one attached hydrogen (secondary N) is 3. The Morgan fingerprint density at radius 3 is 1.95 bits per heavy atom. The van der Waals surface area contributed by atoms with Crippen molar-refractivity contribution in [2.75, 3.05) is 18.6 Å². The molecule has 16 heteroatoms. The zero-order valence-corrected chi connectivity index (χ0v) is 28.1. The molecule has 236 valence electrons. The third-order valence-electron chi connectivity index (χ3n) is 5.42. The number of aromatic hydroxyl groups is 1. The zero-order chi connectivity index (χ0) is 32.5. The van der Waals surface area contributed by atoms with E-state index in [1.165, 1.54) is 23.9 Å². The lowest BCUT2D eigenvalue weighted by molar-refractivity contribution is -0.136. The number of phenols is 1. The predicted octanol–water partition coefficient (Wildman–Crippen LogP) is 6.05. The summed E-state index contributed by atoms with van der Waals surface area (Å²) in [4.78, 5) is 51.5. The summed E-state index contributed by atoms with van der Waals surface area (Å²) in [6, 6.07) is 3.85. The van der Waals surface area contributed by atoms with Crippen LogP contribution in [0.2, 0.25) is 25.1 Å². The van der Waals surface area contributed by atoms with E-state index in [-0.39, 0.29) is 49.5 Å². The van der Waals surface area contributed by atoms with Gasteiger partial charge in [0.1, 0.15) is 40.0 Å². The highest BCUT2D eigenvalue weighted by Gasteiger charge is 2.29. The van der Waals surface area contributed by atoms with Gasteiger partial charge in [-0.15, -0.1) is 0 Å². The van der Waals surface area contributed by atoms with Crippen LogP contribution in [0.25, 0.3) is 0 Å². The number of alkyl carbamates (subject to hydrolysis) is 1. The van der Waals surface area contributed by atoms with Gasteiger partial charge in [-0.2, -0.15) is 11.8 Å². The fraction of sp³-hybridized carbons (Fsp3) is 0.407. The fourth-order valence-corrected chi connectivity index (χ4v) is 5.08. The number of thioether (sulfide) groups is 1. The predicted molar refractivity (Wildman–Crippen MR) is 170 cm³/mol. The molecule has 0 saturated heterocycles. The van der Waals surface area contributed by atoms with E-state index < -0.39 is 48.1 Å². The highest BCUT2D eigenvalue weighted by Crippen LogP contribution is 2.48. The Kier molecular flexibility index (Phi) is 14.3. The molecule has 0 saturated carbocycles. The third kappa shape index (κ3) is 11.6. The number of ether oxygens (including phenoxy) is 2. The molecule has 0 heterocycles. The summed E-state index contributed by atoms with van der Waals surface area (Å²) in [5.74, 6) is -2.14. The molecule has 4 N–H and O–H groups in total. The van der Waals surface area contributed by atoms with Crippen molar-refractivity contribution in [3.63, 3.8) is 0 Å². The molecule has 0 aliphatic rings. The van der Waals surface area contributed by atoms with Crippen molar-refractivity contribution in [2.24, 2.45) is 0 Å². The van der Waals surface area contributed by atoms with Crippen LogP contribution in [0.15, 0.2) is 24.3 Å². The number of carbonyl (C=O) groups excluding carboxylic acids is 4. The van der Waals surface area contributed by atoms with Crippen LogP contribution >= 0.6 is 69.8 Å². The molecular formula is C27H30Cl5N3O7S. The van der Waals surface area contributed by atoms with Gasteiger partial charge in [0.2, 0.25) is 11.8 Å². The van der Waals surface area contributed by atoms with Gasteiger partial charge in [-0.3, -0.25) is 9.59 Å². The minimum absolute atomic E-state index is 0.0300. The first-order valence-electron chi connectivity index (χ1n) is 12.6. The number of benzene rings is 2. The van der Waals surface area contributed by atoms with Crippen LogP contribution in [0, 0.1) is 0 Å². The Labute approximate surface area is 278 Å². The Morgan fingerprint density at radius 1 is 0.860 bits per heavy atom. The maximum absolute atomic E-state index is 13.4. The first-order chi connectivity index (χ1) is 20.0. The average Bonchev–Trinajstić information content (AvgIpc) is 2.93. The minimum atomic E-state index is -1.14. The molecule has 2 rings (SSSR count). The molecule has 0 aliphatic heterocycles. The molecule has 0 bridgehead atoms. The molecule has 3 amide bonds. The molecule has 2 aromatic rings. The molecule has 0 unspecified atom stereocenters.